The van der Waals surface area contributed by atoms with Crippen molar-refractivity contribution in [2.45, 2.75) is 19.6 Å². The summed E-state index contributed by atoms with van der Waals surface area (Å²) >= 11 is 0. The van der Waals surface area contributed by atoms with E-state index in [0.29, 0.717) is 0 Å². The Hall–Kier alpha value is -1.81. The minimum absolute atomic E-state index is 0.418. The summed E-state index contributed by atoms with van der Waals surface area (Å²) in [5.74, 6) is 1.03. The van der Waals surface area contributed by atoms with E-state index in [-0.39, 0.29) is 0 Å². The number of aromatic nitrogens is 2. The summed E-state index contributed by atoms with van der Waals surface area (Å²) < 4.78 is 2.01. The first-order valence-electron chi connectivity index (χ1n) is 6.03. The van der Waals surface area contributed by atoms with E-state index in [9.17, 15) is 5.11 Å². The molecule has 4 heteroatoms. The van der Waals surface area contributed by atoms with Crippen molar-refractivity contribution < 1.29 is 5.11 Å². The molecule has 0 saturated heterocycles. The topological polar surface area (TPSA) is 41.3 Å². The fraction of sp³-hybridized carbons (Fsp3) is 0.357. The molecule has 0 bridgehead atoms. The Balaban J connectivity index is 2.09. The maximum absolute atomic E-state index is 9.47. The van der Waals surface area contributed by atoms with Gasteiger partial charge in [-0.3, -0.25) is 0 Å². The van der Waals surface area contributed by atoms with Gasteiger partial charge in [0, 0.05) is 32.2 Å². The summed E-state index contributed by atoms with van der Waals surface area (Å²) in [7, 11) is 4.03. The molecule has 0 aliphatic heterocycles. The molecule has 2 aromatic rings. The first-order chi connectivity index (χ1) is 8.58. The summed E-state index contributed by atoms with van der Waals surface area (Å²) in [6.07, 6.45) is 3.33. The summed E-state index contributed by atoms with van der Waals surface area (Å²) in [5.41, 5.74) is 2.05. The highest BCUT2D eigenvalue weighted by Crippen LogP contribution is 2.19. The normalized spacial score (nSPS) is 12.4. The number of aliphatic hydroxyl groups is 1. The number of anilines is 1. The third-order valence-corrected chi connectivity index (χ3v) is 3.12. The fourth-order valence-corrected chi connectivity index (χ4v) is 1.86. The van der Waals surface area contributed by atoms with Crippen LogP contribution in [0.5, 0.6) is 0 Å². The number of aryl methyl sites for hydroxylation is 1. The molecule has 0 radical (unpaired) electrons. The number of hydrogen-bond acceptors (Lipinski definition) is 3. The van der Waals surface area contributed by atoms with Gasteiger partial charge in [-0.25, -0.2) is 4.98 Å². The molecule has 0 fully saturated rings. The highest BCUT2D eigenvalue weighted by molar-refractivity contribution is 5.47. The van der Waals surface area contributed by atoms with Gasteiger partial charge >= 0.3 is 0 Å². The van der Waals surface area contributed by atoms with Crippen molar-refractivity contribution in [1.82, 2.24) is 9.55 Å². The Morgan fingerprint density at radius 2 is 2.00 bits per heavy atom. The van der Waals surface area contributed by atoms with Crippen LogP contribution in [0.2, 0.25) is 0 Å². The monoisotopic (exact) mass is 245 g/mol. The molecule has 1 aromatic carbocycles. The quantitative estimate of drug-likeness (QED) is 0.897. The maximum atomic E-state index is 9.47. The van der Waals surface area contributed by atoms with Crippen LogP contribution >= 0.6 is 0 Å². The molecule has 1 heterocycles. The second-order valence-corrected chi connectivity index (χ2v) is 4.58. The molecular weight excluding hydrogens is 226 g/mol. The van der Waals surface area contributed by atoms with Crippen LogP contribution in [-0.4, -0.2) is 21.7 Å². The molecule has 0 saturated carbocycles. The van der Waals surface area contributed by atoms with Gasteiger partial charge in [0.15, 0.2) is 0 Å². The Morgan fingerprint density at radius 3 is 2.50 bits per heavy atom. The lowest BCUT2D eigenvalue weighted by Gasteiger charge is -2.19. The lowest BCUT2D eigenvalue weighted by atomic mass is 10.1. The lowest BCUT2D eigenvalue weighted by molar-refractivity contribution is 0.199. The van der Waals surface area contributed by atoms with Gasteiger partial charge in [-0.15, -0.1) is 0 Å². The zero-order chi connectivity index (χ0) is 13.1. The molecule has 4 nitrogen and oxygen atoms in total. The van der Waals surface area contributed by atoms with Crippen LogP contribution in [0.3, 0.4) is 0 Å². The lowest BCUT2D eigenvalue weighted by Crippen LogP contribution is -2.18. The van der Waals surface area contributed by atoms with Gasteiger partial charge in [-0.05, 0) is 24.6 Å². The Kier molecular flexibility index (Phi) is 3.67. The minimum atomic E-state index is -0.418. The third kappa shape index (κ3) is 2.71. The minimum Gasteiger partial charge on any atom is -0.389 e. The number of aliphatic hydroxyl groups excluding tert-OH is 1. The largest absolute Gasteiger partial charge is 0.389 e. The Morgan fingerprint density at radius 1 is 1.33 bits per heavy atom. The third-order valence-electron chi connectivity index (χ3n) is 3.12. The van der Waals surface area contributed by atoms with Gasteiger partial charge in [-0.2, -0.15) is 0 Å². The molecule has 0 aliphatic carbocycles. The molecule has 0 spiro atoms. The molecule has 0 amide bonds. The summed E-state index contributed by atoms with van der Waals surface area (Å²) in [5, 5.41) is 9.47. The molecule has 0 aliphatic rings. The Labute approximate surface area is 108 Å². The highest BCUT2D eigenvalue weighted by Gasteiger charge is 2.06. The summed E-state index contributed by atoms with van der Waals surface area (Å²) in [6, 6.07) is 7.94. The van der Waals surface area contributed by atoms with E-state index in [1.165, 1.54) is 0 Å². The van der Waals surface area contributed by atoms with Crippen molar-refractivity contribution in [2.24, 2.45) is 7.05 Å². The molecule has 2 rings (SSSR count). The maximum Gasteiger partial charge on any atom is 0.127 e. The van der Waals surface area contributed by atoms with E-state index in [1.54, 1.807) is 13.1 Å². The number of imidazole rings is 1. The van der Waals surface area contributed by atoms with Crippen LogP contribution in [0.25, 0.3) is 0 Å². The zero-order valence-electron chi connectivity index (χ0n) is 11.0. The summed E-state index contributed by atoms with van der Waals surface area (Å²) in [6.45, 7) is 2.53. The molecule has 1 unspecified atom stereocenters. The second-order valence-electron chi connectivity index (χ2n) is 4.58. The first-order valence-corrected chi connectivity index (χ1v) is 6.03. The van der Waals surface area contributed by atoms with Crippen molar-refractivity contribution >= 4 is 5.69 Å². The van der Waals surface area contributed by atoms with Crippen molar-refractivity contribution in [3.8, 4) is 0 Å². The van der Waals surface area contributed by atoms with Crippen LogP contribution in [-0.2, 0) is 13.6 Å². The van der Waals surface area contributed by atoms with Crippen molar-refractivity contribution in [3.63, 3.8) is 0 Å². The predicted octanol–water partition coefficient (Wildman–Crippen LogP) is 2.11. The molecule has 1 atom stereocenters. The predicted molar refractivity (Wildman–Crippen MR) is 72.4 cm³/mol. The van der Waals surface area contributed by atoms with Crippen LogP contribution in [0.4, 0.5) is 5.69 Å². The van der Waals surface area contributed by atoms with E-state index in [2.05, 4.69) is 9.88 Å². The summed E-state index contributed by atoms with van der Waals surface area (Å²) in [4.78, 5) is 6.44. The number of benzene rings is 1. The SMILES string of the molecule is CC(O)c1ccc(N(C)Cc2nccn2C)cc1. The molecule has 1 aromatic heterocycles. The van der Waals surface area contributed by atoms with Crippen molar-refractivity contribution in [1.29, 1.82) is 0 Å². The van der Waals surface area contributed by atoms with E-state index < -0.39 is 6.10 Å². The van der Waals surface area contributed by atoms with Gasteiger partial charge in [0.1, 0.15) is 5.82 Å². The fourth-order valence-electron chi connectivity index (χ4n) is 1.86. The van der Waals surface area contributed by atoms with E-state index >= 15 is 0 Å². The van der Waals surface area contributed by atoms with Crippen molar-refractivity contribution in [2.75, 3.05) is 11.9 Å². The van der Waals surface area contributed by atoms with E-state index in [1.807, 2.05) is 49.1 Å². The van der Waals surface area contributed by atoms with Gasteiger partial charge < -0.3 is 14.6 Å². The molecular formula is C14H19N3O. The van der Waals surface area contributed by atoms with Gasteiger partial charge in [0.2, 0.25) is 0 Å². The van der Waals surface area contributed by atoms with Gasteiger partial charge in [0.25, 0.3) is 0 Å². The number of hydrogen-bond donors (Lipinski definition) is 1. The molecule has 18 heavy (non-hydrogen) atoms. The Bertz CT molecular complexity index is 502. The van der Waals surface area contributed by atoms with Crippen LogP contribution in [0.1, 0.15) is 24.4 Å². The zero-order valence-corrected chi connectivity index (χ0v) is 11.0. The van der Waals surface area contributed by atoms with Crippen LogP contribution in [0, 0.1) is 0 Å². The standard InChI is InChI=1S/C14H19N3O/c1-11(18)12-4-6-13(7-5-12)17(3)10-14-15-8-9-16(14)2/h4-9,11,18H,10H2,1-3H3. The van der Waals surface area contributed by atoms with E-state index in [0.717, 1.165) is 23.6 Å². The first kappa shape index (κ1) is 12.6. The smallest absolute Gasteiger partial charge is 0.127 e. The van der Waals surface area contributed by atoms with Crippen molar-refractivity contribution in [3.05, 3.63) is 48.0 Å². The van der Waals surface area contributed by atoms with E-state index in [4.69, 9.17) is 0 Å². The van der Waals surface area contributed by atoms with Gasteiger partial charge in [-0.1, -0.05) is 12.1 Å². The average molecular weight is 245 g/mol. The van der Waals surface area contributed by atoms with Crippen LogP contribution < -0.4 is 4.90 Å². The highest BCUT2D eigenvalue weighted by atomic mass is 16.3. The second kappa shape index (κ2) is 5.23. The number of rotatable bonds is 4. The number of nitrogens with zero attached hydrogens (tertiary/aromatic N) is 3. The average Bonchev–Trinajstić information content (AvgIpc) is 2.75. The molecule has 1 N–H and O–H groups in total. The van der Waals surface area contributed by atoms with Gasteiger partial charge in [0.05, 0.1) is 12.6 Å². The van der Waals surface area contributed by atoms with Crippen LogP contribution in [0.15, 0.2) is 36.7 Å². The molecule has 96 valence electrons.